The quantitative estimate of drug-likeness (QED) is 0.0804. The van der Waals surface area contributed by atoms with Gasteiger partial charge in [-0.3, -0.25) is 9.59 Å². The van der Waals surface area contributed by atoms with Gasteiger partial charge >= 0.3 is 12.2 Å². The van der Waals surface area contributed by atoms with E-state index in [-0.39, 0.29) is 30.3 Å². The van der Waals surface area contributed by atoms with Crippen LogP contribution in [0.2, 0.25) is 0 Å². The Morgan fingerprint density at radius 1 is 0.790 bits per heavy atom. The number of hydrogen-bond acceptors (Lipinski definition) is 8. The lowest BCUT2D eigenvalue weighted by Crippen LogP contribution is -2.51. The monoisotopic (exact) mass is 838 g/mol. The number of amides is 4. The Morgan fingerprint density at radius 3 is 2.11 bits per heavy atom. The van der Waals surface area contributed by atoms with Gasteiger partial charge in [0.25, 0.3) is 0 Å². The second kappa shape index (κ2) is 19.6. The van der Waals surface area contributed by atoms with Crippen molar-refractivity contribution in [2.75, 3.05) is 27.3 Å². The third-order valence-corrected chi connectivity index (χ3v) is 11.4. The van der Waals surface area contributed by atoms with Crippen LogP contribution in [0.3, 0.4) is 0 Å². The number of nitrogens with zero attached hydrogens (tertiary/aromatic N) is 4. The molecule has 1 saturated heterocycles. The van der Waals surface area contributed by atoms with Gasteiger partial charge in [-0.1, -0.05) is 99.6 Å². The molecule has 0 bridgehead atoms. The highest BCUT2D eigenvalue weighted by atomic mass is 16.5. The number of hydrogen-bond donors (Lipinski definition) is 4. The first kappa shape index (κ1) is 43.1. The lowest BCUT2D eigenvalue weighted by atomic mass is 9.98. The Morgan fingerprint density at radius 2 is 1.42 bits per heavy atom. The second-order valence-corrected chi connectivity index (χ2v) is 16.0. The van der Waals surface area contributed by atoms with Crippen LogP contribution in [0, 0.1) is 5.92 Å². The van der Waals surface area contributed by atoms with Crippen molar-refractivity contribution in [3.8, 4) is 33.6 Å². The summed E-state index contributed by atoms with van der Waals surface area (Å²) in [5, 5.41) is 7.60. The van der Waals surface area contributed by atoms with Crippen molar-refractivity contribution >= 4 is 34.8 Å². The maximum atomic E-state index is 13.9. The molecule has 0 saturated carbocycles. The highest BCUT2D eigenvalue weighted by molar-refractivity contribution is 5.91. The molecule has 2 aromatic heterocycles. The van der Waals surface area contributed by atoms with Crippen molar-refractivity contribution in [2.24, 2.45) is 5.92 Å². The molecule has 3 atom stereocenters. The first-order chi connectivity index (χ1) is 30.0. The van der Waals surface area contributed by atoms with Crippen LogP contribution >= 0.6 is 0 Å². The molecule has 1 fully saturated rings. The van der Waals surface area contributed by atoms with Crippen molar-refractivity contribution in [1.82, 2.24) is 40.4 Å². The van der Waals surface area contributed by atoms with E-state index in [2.05, 4.69) is 86.2 Å². The number of carbonyl (C=O) groups excluding carboxylic acids is 4. The fourth-order valence-electron chi connectivity index (χ4n) is 8.06. The largest absolute Gasteiger partial charge is 0.453 e. The molecule has 1 aliphatic rings. The van der Waals surface area contributed by atoms with Crippen LogP contribution in [-0.4, -0.2) is 93.1 Å². The van der Waals surface area contributed by atoms with E-state index >= 15 is 0 Å². The molecule has 6 aromatic rings. The minimum atomic E-state index is -0.774. The topological polar surface area (TPSA) is 175 Å². The number of imidazole rings is 2. The third kappa shape index (κ3) is 9.97. The van der Waals surface area contributed by atoms with Gasteiger partial charge in [-0.15, -0.1) is 0 Å². The molecule has 4 aromatic carbocycles. The number of fused-ring (bicyclic) bond motifs is 1. The van der Waals surface area contributed by atoms with Gasteiger partial charge in [0, 0.05) is 25.1 Å². The lowest BCUT2D eigenvalue weighted by Gasteiger charge is -2.28. The first-order valence-electron chi connectivity index (χ1n) is 21.1. The van der Waals surface area contributed by atoms with Crippen molar-refractivity contribution in [1.29, 1.82) is 0 Å². The van der Waals surface area contributed by atoms with E-state index in [1.54, 1.807) is 11.1 Å². The van der Waals surface area contributed by atoms with Gasteiger partial charge in [0.2, 0.25) is 11.8 Å². The van der Waals surface area contributed by atoms with E-state index in [1.807, 2.05) is 62.2 Å². The summed E-state index contributed by atoms with van der Waals surface area (Å²) in [5.41, 5.74) is 6.74. The van der Waals surface area contributed by atoms with Gasteiger partial charge < -0.3 is 39.9 Å². The zero-order valence-electron chi connectivity index (χ0n) is 35.8. The fraction of sp³-hybridized carbons (Fsp3) is 0.333. The third-order valence-electron chi connectivity index (χ3n) is 11.4. The summed E-state index contributed by atoms with van der Waals surface area (Å²) < 4.78 is 9.60. The van der Waals surface area contributed by atoms with Crippen LogP contribution < -0.4 is 10.6 Å². The smallest absolute Gasteiger partial charge is 0.407 e. The van der Waals surface area contributed by atoms with E-state index in [0.29, 0.717) is 31.2 Å². The van der Waals surface area contributed by atoms with Gasteiger partial charge in [0.05, 0.1) is 50.6 Å². The van der Waals surface area contributed by atoms with Crippen LogP contribution in [0.15, 0.2) is 103 Å². The predicted molar refractivity (Wildman–Crippen MR) is 238 cm³/mol. The second-order valence-electron chi connectivity index (χ2n) is 16.0. The number of alkyl carbamates (subject to hydrolysis) is 2. The zero-order valence-corrected chi connectivity index (χ0v) is 35.8. The molecule has 0 spiro atoms. The molecule has 14 heteroatoms. The zero-order chi connectivity index (χ0) is 43.8. The van der Waals surface area contributed by atoms with E-state index in [0.717, 1.165) is 69.2 Å². The van der Waals surface area contributed by atoms with Crippen LogP contribution in [0.5, 0.6) is 0 Å². The standard InChI is InChI=1S/C48H54N8O6/c1-6-22-55(46(58)43(30(2)3)54-48(60)62-5)29-42-49-27-40(51-42)37-21-20-35-25-34(18-19-36(35)26-37)32-14-16-33(17-15-32)39-28-50-44(52-39)41-13-10-23-56(41)45(57)38(53-47(59)61-4)24-31-11-8-7-9-12-31/h7-9,11-12,14-21,25-28,30,38,41,43H,6,10,13,22-24,29H2,1-5H3,(H,49,51)(H,50,52)(H,53,59)(H,54,60)/t38?,41-,43-/m0/s1. The SMILES string of the molecule is CCCN(Cc1ncc(-c2ccc3cc(-c4ccc(-c5cnc([C@@H]6CCCN6C(=O)C(Cc6ccccc6)NC(=O)OC)[nH]5)cc4)ccc3c2)[nH]1)C(=O)[C@@H](NC(=O)OC)C(C)C. The number of methoxy groups -OCH3 is 2. The minimum absolute atomic E-state index is 0.124. The van der Waals surface area contributed by atoms with Crippen LogP contribution in [0.1, 0.15) is 63.3 Å². The fourth-order valence-corrected chi connectivity index (χ4v) is 8.06. The number of aromatic amines is 2. The predicted octanol–water partition coefficient (Wildman–Crippen LogP) is 8.04. The molecule has 14 nitrogen and oxygen atoms in total. The van der Waals surface area contributed by atoms with E-state index < -0.39 is 24.3 Å². The van der Waals surface area contributed by atoms with Crippen LogP contribution in [0.25, 0.3) is 44.4 Å². The number of rotatable bonds is 15. The summed E-state index contributed by atoms with van der Waals surface area (Å²) in [7, 11) is 2.58. The number of aromatic nitrogens is 4. The van der Waals surface area contributed by atoms with Gasteiger partial charge in [-0.05, 0) is 70.3 Å². The van der Waals surface area contributed by atoms with Crippen molar-refractivity contribution in [3.05, 3.63) is 121 Å². The normalized spacial score (nSPS) is 14.7. The molecule has 322 valence electrons. The van der Waals surface area contributed by atoms with E-state index in [1.165, 1.54) is 14.2 Å². The number of nitrogens with one attached hydrogen (secondary N) is 4. The number of ether oxygens (including phenoxy) is 2. The number of likely N-dealkylation sites (tertiary alicyclic amines) is 1. The molecule has 4 amide bonds. The summed E-state index contributed by atoms with van der Waals surface area (Å²) in [4.78, 5) is 71.4. The maximum Gasteiger partial charge on any atom is 0.407 e. The van der Waals surface area contributed by atoms with E-state index in [4.69, 9.17) is 14.5 Å². The molecule has 3 heterocycles. The molecule has 1 aliphatic heterocycles. The van der Waals surface area contributed by atoms with Crippen molar-refractivity contribution < 1.29 is 28.7 Å². The summed E-state index contributed by atoms with van der Waals surface area (Å²) in [6, 6.07) is 28.9. The van der Waals surface area contributed by atoms with Gasteiger partial charge in [0.15, 0.2) is 0 Å². The van der Waals surface area contributed by atoms with Crippen molar-refractivity contribution in [3.63, 3.8) is 0 Å². The maximum absolute atomic E-state index is 13.9. The molecule has 7 rings (SSSR count). The summed E-state index contributed by atoms with van der Waals surface area (Å²) >= 11 is 0. The summed E-state index contributed by atoms with van der Waals surface area (Å²) in [6.07, 6.45) is 5.01. The molecular weight excluding hydrogens is 785 g/mol. The number of H-pyrrole nitrogens is 2. The van der Waals surface area contributed by atoms with Crippen molar-refractivity contribution in [2.45, 2.75) is 71.1 Å². The molecule has 62 heavy (non-hydrogen) atoms. The van der Waals surface area contributed by atoms with Gasteiger partial charge in [0.1, 0.15) is 23.7 Å². The molecule has 0 aliphatic carbocycles. The molecular formula is C48H54N8O6. The summed E-state index contributed by atoms with van der Waals surface area (Å²) in [6.45, 7) is 7.16. The lowest BCUT2D eigenvalue weighted by molar-refractivity contribution is -0.135. The highest BCUT2D eigenvalue weighted by Crippen LogP contribution is 2.34. The summed E-state index contributed by atoms with van der Waals surface area (Å²) in [5.74, 6) is 0.893. The minimum Gasteiger partial charge on any atom is -0.453 e. The van der Waals surface area contributed by atoms with Gasteiger partial charge in [-0.2, -0.15) is 0 Å². The Labute approximate surface area is 361 Å². The Balaban J connectivity index is 1.01. The first-order valence-corrected chi connectivity index (χ1v) is 21.1. The Bertz CT molecular complexity index is 2500. The molecule has 0 radical (unpaired) electrons. The molecule has 4 N–H and O–H groups in total. The van der Waals surface area contributed by atoms with Crippen LogP contribution in [0.4, 0.5) is 9.59 Å². The van der Waals surface area contributed by atoms with Gasteiger partial charge in [-0.25, -0.2) is 19.6 Å². The number of benzene rings is 4. The van der Waals surface area contributed by atoms with Crippen LogP contribution in [-0.2, 0) is 32.0 Å². The average molecular weight is 839 g/mol. The number of carbonyl (C=O) groups is 4. The Kier molecular flexibility index (Phi) is 13.6. The highest BCUT2D eigenvalue weighted by Gasteiger charge is 2.36. The molecule has 1 unspecified atom stereocenters. The Hall–Kier alpha value is -6.96. The average Bonchev–Trinajstić information content (AvgIpc) is 4.09. The van der Waals surface area contributed by atoms with E-state index in [9.17, 15) is 19.2 Å².